The number of aliphatic carboxylic acids is 1. The van der Waals surface area contributed by atoms with E-state index in [1.807, 2.05) is 12.1 Å². The average Bonchev–Trinajstić information content (AvgIpc) is 2.71. The van der Waals surface area contributed by atoms with Crippen LogP contribution in [0.5, 0.6) is 11.5 Å². The number of benzene rings is 2. The second kappa shape index (κ2) is 11.4. The minimum Gasteiger partial charge on any atom is -0.492 e. The second-order valence-corrected chi connectivity index (χ2v) is 8.79. The molecule has 2 rings (SSSR count). The molecule has 0 saturated carbocycles. The van der Waals surface area contributed by atoms with Crippen molar-refractivity contribution in [1.29, 1.82) is 0 Å². The molecule has 0 aliphatic rings. The van der Waals surface area contributed by atoms with E-state index in [1.165, 1.54) is 5.56 Å². The number of carboxylic acid groups (broad SMARTS) is 1. The molecule has 7 nitrogen and oxygen atoms in total. The lowest BCUT2D eigenvalue weighted by molar-refractivity contribution is -0.145. The Morgan fingerprint density at radius 3 is 2.09 bits per heavy atom. The Morgan fingerprint density at radius 2 is 1.56 bits per heavy atom. The van der Waals surface area contributed by atoms with Crippen molar-refractivity contribution in [2.75, 3.05) is 13.2 Å². The van der Waals surface area contributed by atoms with Gasteiger partial charge in [-0.2, -0.15) is 0 Å². The highest BCUT2D eigenvalue weighted by Gasteiger charge is 2.20. The van der Waals surface area contributed by atoms with Gasteiger partial charge in [0.15, 0.2) is 6.10 Å². The van der Waals surface area contributed by atoms with Crippen molar-refractivity contribution >= 4 is 12.1 Å². The van der Waals surface area contributed by atoms with Crippen LogP contribution in [0, 0.1) is 0 Å². The average molecular weight is 444 g/mol. The van der Waals surface area contributed by atoms with Gasteiger partial charge in [-0.05, 0) is 62.1 Å². The predicted molar refractivity (Wildman–Crippen MR) is 122 cm³/mol. The summed E-state index contributed by atoms with van der Waals surface area (Å²) in [5.41, 5.74) is 1.44. The summed E-state index contributed by atoms with van der Waals surface area (Å²) >= 11 is 0. The molecule has 2 N–H and O–H groups in total. The fourth-order valence-corrected chi connectivity index (χ4v) is 2.85. The minimum absolute atomic E-state index is 0.224. The number of carbonyl (C=O) groups excluding carboxylic acids is 1. The van der Waals surface area contributed by atoms with Crippen LogP contribution in [0.2, 0.25) is 0 Å². The van der Waals surface area contributed by atoms with E-state index in [0.29, 0.717) is 24.0 Å². The smallest absolute Gasteiger partial charge is 0.407 e. The molecule has 0 radical (unpaired) electrons. The van der Waals surface area contributed by atoms with Crippen LogP contribution in [0.3, 0.4) is 0 Å². The fourth-order valence-electron chi connectivity index (χ4n) is 2.85. The maximum Gasteiger partial charge on any atom is 0.407 e. The van der Waals surface area contributed by atoms with Crippen molar-refractivity contribution in [3.05, 3.63) is 59.7 Å². The molecule has 0 bridgehead atoms. The lowest BCUT2D eigenvalue weighted by Gasteiger charge is -2.19. The Labute approximate surface area is 189 Å². The molecule has 32 heavy (non-hydrogen) atoms. The normalized spacial score (nSPS) is 12.2. The molecule has 174 valence electrons. The van der Waals surface area contributed by atoms with Crippen LogP contribution in [0.25, 0.3) is 0 Å². The quantitative estimate of drug-likeness (QED) is 0.513. The summed E-state index contributed by atoms with van der Waals surface area (Å²) in [6.07, 6.45) is -1.26. The first kappa shape index (κ1) is 25.0. The third-order valence-electron chi connectivity index (χ3n) is 4.48. The van der Waals surface area contributed by atoms with E-state index >= 15 is 0 Å². The number of carboxylic acids is 1. The molecule has 1 atom stereocenters. The van der Waals surface area contributed by atoms with Crippen molar-refractivity contribution in [3.8, 4) is 11.5 Å². The zero-order valence-electron chi connectivity index (χ0n) is 19.4. The van der Waals surface area contributed by atoms with E-state index in [1.54, 1.807) is 57.2 Å². The number of ether oxygens (including phenoxy) is 3. The monoisotopic (exact) mass is 443 g/mol. The molecule has 0 aliphatic carbocycles. The van der Waals surface area contributed by atoms with E-state index in [4.69, 9.17) is 14.2 Å². The molecular formula is C25H33NO6. The van der Waals surface area contributed by atoms with Crippen LogP contribution in [0.15, 0.2) is 48.5 Å². The predicted octanol–water partition coefficient (Wildman–Crippen LogP) is 4.79. The highest BCUT2D eigenvalue weighted by atomic mass is 16.6. The highest BCUT2D eigenvalue weighted by molar-refractivity contribution is 5.73. The van der Waals surface area contributed by atoms with Crippen LogP contribution >= 0.6 is 0 Å². The number of hydrogen-bond acceptors (Lipinski definition) is 5. The summed E-state index contributed by atoms with van der Waals surface area (Å²) in [6, 6.07) is 14.6. The van der Waals surface area contributed by atoms with Gasteiger partial charge in [0.1, 0.15) is 23.7 Å². The lowest BCUT2D eigenvalue weighted by atomic mass is 10.0. The van der Waals surface area contributed by atoms with Crippen molar-refractivity contribution in [2.45, 2.75) is 58.7 Å². The van der Waals surface area contributed by atoms with Crippen LogP contribution in [0.4, 0.5) is 4.79 Å². The first-order chi connectivity index (χ1) is 15.0. The number of rotatable bonds is 10. The molecule has 2 aromatic rings. The largest absolute Gasteiger partial charge is 0.492 e. The van der Waals surface area contributed by atoms with Gasteiger partial charge < -0.3 is 24.6 Å². The van der Waals surface area contributed by atoms with Crippen LogP contribution < -0.4 is 14.8 Å². The van der Waals surface area contributed by atoms with Gasteiger partial charge in [-0.3, -0.25) is 0 Å². The lowest BCUT2D eigenvalue weighted by Crippen LogP contribution is -2.34. The highest BCUT2D eigenvalue weighted by Crippen LogP contribution is 2.21. The van der Waals surface area contributed by atoms with E-state index in [-0.39, 0.29) is 13.0 Å². The van der Waals surface area contributed by atoms with Gasteiger partial charge in [0.2, 0.25) is 0 Å². The third-order valence-corrected chi connectivity index (χ3v) is 4.48. The summed E-state index contributed by atoms with van der Waals surface area (Å²) in [6.45, 7) is 10.2. The molecule has 0 aromatic heterocycles. The van der Waals surface area contributed by atoms with E-state index in [2.05, 4.69) is 19.2 Å². The maximum absolute atomic E-state index is 11.7. The van der Waals surface area contributed by atoms with Crippen molar-refractivity contribution < 1.29 is 28.9 Å². The first-order valence-electron chi connectivity index (χ1n) is 10.7. The van der Waals surface area contributed by atoms with E-state index < -0.39 is 23.8 Å². The Hall–Kier alpha value is -3.22. The summed E-state index contributed by atoms with van der Waals surface area (Å²) in [4.78, 5) is 23.3. The standard InChI is InChI=1S/C25H33NO6/c1-17(2)19-8-12-21(13-9-19)31-22(23(27)28)16-18-6-10-20(11-7-18)30-15-14-26-24(29)32-25(3,4)5/h6-13,17,22H,14-16H2,1-5H3,(H,26,29)(H,27,28)/t22-/m0/s1. The summed E-state index contributed by atoms with van der Waals surface area (Å²) in [7, 11) is 0. The Morgan fingerprint density at radius 1 is 0.969 bits per heavy atom. The Bertz CT molecular complexity index is 869. The number of alkyl carbamates (subject to hydrolysis) is 1. The van der Waals surface area contributed by atoms with Gasteiger partial charge in [0.05, 0.1) is 6.54 Å². The topological polar surface area (TPSA) is 94.1 Å². The molecule has 1 amide bonds. The SMILES string of the molecule is CC(C)c1ccc(O[C@@H](Cc2ccc(OCCNC(=O)OC(C)(C)C)cc2)C(=O)O)cc1. The number of amides is 1. The van der Waals surface area contributed by atoms with Gasteiger partial charge in [-0.25, -0.2) is 9.59 Å². The van der Waals surface area contributed by atoms with Crippen LogP contribution in [-0.4, -0.2) is 42.0 Å². The molecule has 0 unspecified atom stereocenters. The molecule has 7 heteroatoms. The fraction of sp³-hybridized carbons (Fsp3) is 0.440. The Balaban J connectivity index is 1.84. The van der Waals surface area contributed by atoms with E-state index in [9.17, 15) is 14.7 Å². The van der Waals surface area contributed by atoms with Crippen molar-refractivity contribution in [1.82, 2.24) is 5.32 Å². The molecular weight excluding hydrogens is 410 g/mol. The molecule has 0 spiro atoms. The van der Waals surface area contributed by atoms with Crippen molar-refractivity contribution in [2.24, 2.45) is 0 Å². The first-order valence-corrected chi connectivity index (χ1v) is 10.7. The minimum atomic E-state index is -1.02. The van der Waals surface area contributed by atoms with Crippen LogP contribution in [-0.2, 0) is 16.0 Å². The molecule has 0 fully saturated rings. The molecule has 0 aliphatic heterocycles. The van der Waals surface area contributed by atoms with Gasteiger partial charge in [0.25, 0.3) is 0 Å². The zero-order chi connectivity index (χ0) is 23.7. The molecule has 0 heterocycles. The summed E-state index contributed by atoms with van der Waals surface area (Å²) in [5, 5.41) is 12.2. The van der Waals surface area contributed by atoms with Gasteiger partial charge >= 0.3 is 12.1 Å². The summed E-state index contributed by atoms with van der Waals surface area (Å²) < 4.78 is 16.5. The zero-order valence-corrected chi connectivity index (χ0v) is 19.4. The van der Waals surface area contributed by atoms with Crippen LogP contribution in [0.1, 0.15) is 51.7 Å². The van der Waals surface area contributed by atoms with Crippen molar-refractivity contribution in [3.63, 3.8) is 0 Å². The van der Waals surface area contributed by atoms with Gasteiger partial charge in [-0.1, -0.05) is 38.1 Å². The third kappa shape index (κ3) is 8.88. The van der Waals surface area contributed by atoms with Gasteiger partial charge in [0, 0.05) is 6.42 Å². The summed E-state index contributed by atoms with van der Waals surface area (Å²) in [5.74, 6) is 0.524. The second-order valence-electron chi connectivity index (χ2n) is 8.79. The Kier molecular flexibility index (Phi) is 8.93. The van der Waals surface area contributed by atoms with Gasteiger partial charge in [-0.15, -0.1) is 0 Å². The number of hydrogen-bond donors (Lipinski definition) is 2. The number of carbonyl (C=O) groups is 2. The van der Waals surface area contributed by atoms with E-state index in [0.717, 1.165) is 5.56 Å². The molecule has 2 aromatic carbocycles. The maximum atomic E-state index is 11.7. The number of nitrogens with one attached hydrogen (secondary N) is 1. The molecule has 0 saturated heterocycles.